The number of likely N-dealkylation sites (N-methyl/N-ethyl adjacent to an activating group) is 1. The van der Waals surface area contributed by atoms with Crippen LogP contribution in [-0.2, 0) is 4.74 Å². The highest BCUT2D eigenvalue weighted by Gasteiger charge is 2.25. The van der Waals surface area contributed by atoms with Gasteiger partial charge in [0, 0.05) is 44.7 Å². The molecule has 1 saturated heterocycles. The van der Waals surface area contributed by atoms with E-state index in [1.54, 1.807) is 0 Å². The fourth-order valence-electron chi connectivity index (χ4n) is 3.71. The molecule has 2 fully saturated rings. The monoisotopic (exact) mass is 452 g/mol. The van der Waals surface area contributed by atoms with Crippen LogP contribution in [0.4, 0.5) is 0 Å². The van der Waals surface area contributed by atoms with Crippen molar-refractivity contribution in [3.8, 4) is 0 Å². The first kappa shape index (κ1) is 22.0. The van der Waals surface area contributed by atoms with Gasteiger partial charge in [0.2, 0.25) is 0 Å². The quantitative estimate of drug-likeness (QED) is 0.349. The van der Waals surface area contributed by atoms with Crippen molar-refractivity contribution >= 4 is 29.9 Å². The minimum atomic E-state index is 0. The molecule has 0 aromatic heterocycles. The first-order valence-electron chi connectivity index (χ1n) is 9.55. The maximum absolute atomic E-state index is 5.58. The van der Waals surface area contributed by atoms with Crippen molar-refractivity contribution in [3.05, 3.63) is 0 Å². The molecule has 1 heterocycles. The van der Waals surface area contributed by atoms with Gasteiger partial charge >= 0.3 is 0 Å². The molecule has 6 heteroatoms. The highest BCUT2D eigenvalue weighted by Crippen LogP contribution is 2.22. The van der Waals surface area contributed by atoms with E-state index in [-0.39, 0.29) is 24.0 Å². The second-order valence-corrected chi connectivity index (χ2v) is 6.91. The van der Waals surface area contributed by atoms with E-state index in [4.69, 9.17) is 9.73 Å². The molecule has 1 aliphatic carbocycles. The number of rotatable bonds is 8. The normalized spacial score (nSPS) is 22.2. The van der Waals surface area contributed by atoms with Crippen molar-refractivity contribution in [2.24, 2.45) is 10.9 Å². The van der Waals surface area contributed by atoms with Crippen LogP contribution in [0.1, 0.15) is 46.0 Å². The molecule has 0 bridgehead atoms. The fourth-order valence-corrected chi connectivity index (χ4v) is 3.71. The van der Waals surface area contributed by atoms with E-state index in [1.807, 2.05) is 0 Å². The van der Waals surface area contributed by atoms with Crippen molar-refractivity contribution in [3.63, 3.8) is 0 Å². The summed E-state index contributed by atoms with van der Waals surface area (Å²) < 4.78 is 5.58. The molecule has 0 aromatic carbocycles. The standard InChI is InChI=1S/C18H36N4O.HI/c1-4-19-18(22-12-10-16(14-22)15-23-5-2)20-11-13-21(3)17-8-6-7-9-17;/h16-17H,4-15H2,1-3H3,(H,19,20);1H. The number of ether oxygens (including phenoxy) is 1. The summed E-state index contributed by atoms with van der Waals surface area (Å²) in [7, 11) is 2.26. The number of halogens is 1. The maximum atomic E-state index is 5.58. The molecule has 1 atom stereocenters. The SMILES string of the molecule is CCNC(=NCCN(C)C1CCCC1)N1CCC(COCC)C1.I. The van der Waals surface area contributed by atoms with Gasteiger partial charge in [0.1, 0.15) is 0 Å². The summed E-state index contributed by atoms with van der Waals surface area (Å²) in [5.74, 6) is 1.74. The molecule has 1 unspecified atom stereocenters. The van der Waals surface area contributed by atoms with Crippen molar-refractivity contribution in [2.75, 3.05) is 53.0 Å². The van der Waals surface area contributed by atoms with E-state index < -0.39 is 0 Å². The van der Waals surface area contributed by atoms with Gasteiger partial charge in [0.15, 0.2) is 5.96 Å². The summed E-state index contributed by atoms with van der Waals surface area (Å²) in [6.45, 7) is 11.0. The number of hydrogen-bond acceptors (Lipinski definition) is 3. The first-order chi connectivity index (χ1) is 11.2. The average molecular weight is 452 g/mol. The summed E-state index contributed by atoms with van der Waals surface area (Å²) in [5.41, 5.74) is 0. The van der Waals surface area contributed by atoms with E-state index in [0.717, 1.165) is 57.9 Å². The summed E-state index contributed by atoms with van der Waals surface area (Å²) in [6, 6.07) is 0.787. The number of guanidine groups is 1. The van der Waals surface area contributed by atoms with Crippen molar-refractivity contribution in [2.45, 2.75) is 52.0 Å². The van der Waals surface area contributed by atoms with Crippen LogP contribution in [0.25, 0.3) is 0 Å². The van der Waals surface area contributed by atoms with Crippen LogP contribution in [0.3, 0.4) is 0 Å². The number of aliphatic imine (C=N–C) groups is 1. The lowest BCUT2D eigenvalue weighted by molar-refractivity contribution is 0.114. The largest absolute Gasteiger partial charge is 0.381 e. The van der Waals surface area contributed by atoms with Gasteiger partial charge in [-0.1, -0.05) is 12.8 Å². The smallest absolute Gasteiger partial charge is 0.193 e. The molecule has 0 spiro atoms. The van der Waals surface area contributed by atoms with Crippen LogP contribution in [0, 0.1) is 5.92 Å². The van der Waals surface area contributed by atoms with Gasteiger partial charge in [-0.25, -0.2) is 0 Å². The van der Waals surface area contributed by atoms with Gasteiger partial charge in [-0.05, 0) is 40.2 Å². The molecule has 2 aliphatic rings. The molecule has 1 saturated carbocycles. The number of likely N-dealkylation sites (tertiary alicyclic amines) is 1. The van der Waals surface area contributed by atoms with Gasteiger partial charge in [-0.15, -0.1) is 24.0 Å². The molecule has 1 aliphatic heterocycles. The Balaban J connectivity index is 0.00000288. The van der Waals surface area contributed by atoms with E-state index in [9.17, 15) is 0 Å². The second-order valence-electron chi connectivity index (χ2n) is 6.91. The fraction of sp³-hybridized carbons (Fsp3) is 0.944. The predicted octanol–water partition coefficient (Wildman–Crippen LogP) is 2.80. The highest BCUT2D eigenvalue weighted by atomic mass is 127. The summed E-state index contributed by atoms with van der Waals surface area (Å²) in [4.78, 5) is 9.78. The lowest BCUT2D eigenvalue weighted by Gasteiger charge is -2.24. The van der Waals surface area contributed by atoms with E-state index in [1.165, 1.54) is 32.1 Å². The minimum Gasteiger partial charge on any atom is -0.381 e. The van der Waals surface area contributed by atoms with Crippen LogP contribution in [0.15, 0.2) is 4.99 Å². The zero-order chi connectivity index (χ0) is 16.5. The molecule has 5 nitrogen and oxygen atoms in total. The Bertz CT molecular complexity index is 361. The third-order valence-electron chi connectivity index (χ3n) is 5.14. The Morgan fingerprint density at radius 1 is 1.25 bits per heavy atom. The molecule has 0 radical (unpaired) electrons. The van der Waals surface area contributed by atoms with Crippen LogP contribution in [-0.4, -0.2) is 74.8 Å². The topological polar surface area (TPSA) is 40.1 Å². The maximum Gasteiger partial charge on any atom is 0.193 e. The van der Waals surface area contributed by atoms with Gasteiger partial charge in [-0.3, -0.25) is 4.99 Å². The van der Waals surface area contributed by atoms with Gasteiger partial charge in [-0.2, -0.15) is 0 Å². The number of hydrogen-bond donors (Lipinski definition) is 1. The lowest BCUT2D eigenvalue weighted by atomic mass is 10.1. The second kappa shape index (κ2) is 12.3. The predicted molar refractivity (Wildman–Crippen MR) is 112 cm³/mol. The summed E-state index contributed by atoms with van der Waals surface area (Å²) in [5, 5.41) is 3.46. The van der Waals surface area contributed by atoms with E-state index >= 15 is 0 Å². The molecular formula is C18H37IN4O. The van der Waals surface area contributed by atoms with Crippen molar-refractivity contribution < 1.29 is 4.74 Å². The Hall–Kier alpha value is -0.0800. The van der Waals surface area contributed by atoms with Crippen LogP contribution in [0.5, 0.6) is 0 Å². The van der Waals surface area contributed by atoms with E-state index in [2.05, 4.69) is 36.0 Å². The van der Waals surface area contributed by atoms with Crippen molar-refractivity contribution in [1.82, 2.24) is 15.1 Å². The van der Waals surface area contributed by atoms with Crippen LogP contribution >= 0.6 is 24.0 Å². The summed E-state index contributed by atoms with van der Waals surface area (Å²) in [6.07, 6.45) is 6.75. The molecule has 0 amide bonds. The Morgan fingerprint density at radius 2 is 2.00 bits per heavy atom. The van der Waals surface area contributed by atoms with Crippen molar-refractivity contribution in [1.29, 1.82) is 0 Å². The Kier molecular flexibility index (Phi) is 11.3. The van der Waals surface area contributed by atoms with E-state index in [0.29, 0.717) is 5.92 Å². The van der Waals surface area contributed by atoms with Crippen LogP contribution in [0.2, 0.25) is 0 Å². The number of nitrogens with one attached hydrogen (secondary N) is 1. The first-order valence-corrected chi connectivity index (χ1v) is 9.55. The molecule has 24 heavy (non-hydrogen) atoms. The number of nitrogens with zero attached hydrogens (tertiary/aromatic N) is 3. The average Bonchev–Trinajstić information content (AvgIpc) is 3.23. The zero-order valence-corrected chi connectivity index (χ0v) is 18.1. The van der Waals surface area contributed by atoms with Gasteiger partial charge in [0.25, 0.3) is 0 Å². The molecule has 2 rings (SSSR count). The Labute approximate surface area is 165 Å². The van der Waals surface area contributed by atoms with Gasteiger partial charge in [0.05, 0.1) is 13.2 Å². The molecule has 1 N–H and O–H groups in total. The van der Waals surface area contributed by atoms with Crippen LogP contribution < -0.4 is 5.32 Å². The molecule has 0 aromatic rings. The third-order valence-corrected chi connectivity index (χ3v) is 5.14. The minimum absolute atomic E-state index is 0. The summed E-state index contributed by atoms with van der Waals surface area (Å²) >= 11 is 0. The van der Waals surface area contributed by atoms with Gasteiger partial charge < -0.3 is 19.9 Å². The highest BCUT2D eigenvalue weighted by molar-refractivity contribution is 14.0. The molecule has 142 valence electrons. The molecular weight excluding hydrogens is 415 g/mol. The Morgan fingerprint density at radius 3 is 2.67 bits per heavy atom. The third kappa shape index (κ3) is 7.04. The lowest BCUT2D eigenvalue weighted by Crippen LogP contribution is -2.41. The zero-order valence-electron chi connectivity index (χ0n) is 15.8.